The Hall–Kier alpha value is -2.79. The van der Waals surface area contributed by atoms with Gasteiger partial charge in [0.05, 0.1) is 18.2 Å². The van der Waals surface area contributed by atoms with E-state index in [0.717, 1.165) is 17.7 Å². The minimum absolute atomic E-state index is 0.0768. The standard InChI is InChI=1S/C23H24ClNO4/c1-3-12-25-20(15-8-10-18(11-9-15)29-13-4-2)19(22(27)23(25)28)21(26)16-6-5-7-17(24)14-16/h5-11,14,20,26H,3-4,12-13H2,1-2H3/b21-19-. The maximum Gasteiger partial charge on any atom is 0.295 e. The van der Waals surface area contributed by atoms with Gasteiger partial charge in [0.2, 0.25) is 0 Å². The molecule has 5 nitrogen and oxygen atoms in total. The smallest absolute Gasteiger partial charge is 0.295 e. The van der Waals surface area contributed by atoms with Gasteiger partial charge in [0.15, 0.2) is 0 Å². The zero-order valence-corrected chi connectivity index (χ0v) is 17.3. The van der Waals surface area contributed by atoms with Gasteiger partial charge < -0.3 is 14.7 Å². The van der Waals surface area contributed by atoms with Crippen LogP contribution in [0.2, 0.25) is 5.02 Å². The Morgan fingerprint density at radius 2 is 1.83 bits per heavy atom. The van der Waals surface area contributed by atoms with Gasteiger partial charge in [-0.15, -0.1) is 0 Å². The van der Waals surface area contributed by atoms with E-state index in [-0.39, 0.29) is 11.3 Å². The average Bonchev–Trinajstić information content (AvgIpc) is 2.97. The van der Waals surface area contributed by atoms with Crippen molar-refractivity contribution in [2.45, 2.75) is 32.7 Å². The largest absolute Gasteiger partial charge is 0.507 e. The lowest BCUT2D eigenvalue weighted by molar-refractivity contribution is -0.139. The first-order valence-corrected chi connectivity index (χ1v) is 10.1. The molecule has 3 rings (SSSR count). The van der Waals surface area contributed by atoms with E-state index in [4.69, 9.17) is 16.3 Å². The van der Waals surface area contributed by atoms with Crippen LogP contribution in [0.15, 0.2) is 54.1 Å². The maximum atomic E-state index is 12.8. The van der Waals surface area contributed by atoms with Crippen molar-refractivity contribution in [1.82, 2.24) is 4.90 Å². The molecular weight excluding hydrogens is 390 g/mol. The molecule has 1 aliphatic heterocycles. The summed E-state index contributed by atoms with van der Waals surface area (Å²) in [7, 11) is 0. The maximum absolute atomic E-state index is 12.8. The van der Waals surface area contributed by atoms with Crippen LogP contribution in [0.4, 0.5) is 0 Å². The van der Waals surface area contributed by atoms with Crippen molar-refractivity contribution >= 4 is 29.1 Å². The Balaban J connectivity index is 2.08. The van der Waals surface area contributed by atoms with E-state index in [1.807, 2.05) is 38.1 Å². The predicted octanol–water partition coefficient (Wildman–Crippen LogP) is 4.96. The molecule has 0 saturated carbocycles. The number of hydrogen-bond donors (Lipinski definition) is 1. The highest BCUT2D eigenvalue weighted by Crippen LogP contribution is 2.40. The van der Waals surface area contributed by atoms with Crippen molar-refractivity contribution in [3.63, 3.8) is 0 Å². The van der Waals surface area contributed by atoms with Crippen molar-refractivity contribution in [2.24, 2.45) is 0 Å². The Kier molecular flexibility index (Phi) is 6.60. The molecule has 2 aromatic carbocycles. The number of carbonyl (C=O) groups is 2. The fraction of sp³-hybridized carbons (Fsp3) is 0.304. The minimum atomic E-state index is -0.688. The van der Waals surface area contributed by atoms with Gasteiger partial charge in [0.1, 0.15) is 11.5 Å². The lowest BCUT2D eigenvalue weighted by atomic mass is 9.95. The van der Waals surface area contributed by atoms with Crippen LogP contribution in [0, 0.1) is 0 Å². The van der Waals surface area contributed by atoms with Crippen molar-refractivity contribution in [3.8, 4) is 5.75 Å². The van der Waals surface area contributed by atoms with Gasteiger partial charge in [-0.2, -0.15) is 0 Å². The zero-order chi connectivity index (χ0) is 21.0. The summed E-state index contributed by atoms with van der Waals surface area (Å²) in [5, 5.41) is 11.4. The zero-order valence-electron chi connectivity index (χ0n) is 16.5. The van der Waals surface area contributed by atoms with Crippen LogP contribution in [-0.4, -0.2) is 34.8 Å². The second-order valence-corrected chi connectivity index (χ2v) is 7.36. The average molecular weight is 414 g/mol. The van der Waals surface area contributed by atoms with Gasteiger partial charge in [-0.3, -0.25) is 9.59 Å². The van der Waals surface area contributed by atoms with Crippen molar-refractivity contribution < 1.29 is 19.4 Å². The second-order valence-electron chi connectivity index (χ2n) is 6.92. The molecule has 1 amide bonds. The number of halogens is 1. The lowest BCUT2D eigenvalue weighted by Gasteiger charge is -2.25. The minimum Gasteiger partial charge on any atom is -0.507 e. The number of hydrogen-bond acceptors (Lipinski definition) is 4. The summed E-state index contributed by atoms with van der Waals surface area (Å²) in [6.45, 7) is 5.00. The van der Waals surface area contributed by atoms with Crippen LogP contribution in [0.3, 0.4) is 0 Å². The molecule has 0 radical (unpaired) electrons. The number of aliphatic hydroxyl groups is 1. The quantitative estimate of drug-likeness (QED) is 0.395. The molecule has 1 aliphatic rings. The Labute approximate surface area is 175 Å². The number of amides is 1. The van der Waals surface area contributed by atoms with Gasteiger partial charge in [-0.05, 0) is 42.7 Å². The highest BCUT2D eigenvalue weighted by molar-refractivity contribution is 6.46. The molecule has 1 saturated heterocycles. The summed E-state index contributed by atoms with van der Waals surface area (Å²) in [5.41, 5.74) is 1.22. The summed E-state index contributed by atoms with van der Waals surface area (Å²) in [5.74, 6) is -0.794. The molecule has 6 heteroatoms. The number of likely N-dealkylation sites (tertiary alicyclic amines) is 1. The van der Waals surface area contributed by atoms with Crippen LogP contribution >= 0.6 is 11.6 Å². The van der Waals surface area contributed by atoms with E-state index in [9.17, 15) is 14.7 Å². The van der Waals surface area contributed by atoms with Gasteiger partial charge in [0.25, 0.3) is 11.7 Å². The highest BCUT2D eigenvalue weighted by atomic mass is 35.5. The Morgan fingerprint density at radius 3 is 2.45 bits per heavy atom. The molecule has 29 heavy (non-hydrogen) atoms. The van der Waals surface area contributed by atoms with E-state index in [0.29, 0.717) is 30.2 Å². The highest BCUT2D eigenvalue weighted by Gasteiger charge is 2.45. The summed E-state index contributed by atoms with van der Waals surface area (Å²) < 4.78 is 5.62. The molecule has 0 aliphatic carbocycles. The summed E-state index contributed by atoms with van der Waals surface area (Å²) in [6, 6.07) is 13.2. The summed E-state index contributed by atoms with van der Waals surface area (Å²) in [6.07, 6.45) is 1.59. The van der Waals surface area contributed by atoms with E-state index in [1.165, 1.54) is 4.90 Å². The van der Waals surface area contributed by atoms with Crippen LogP contribution in [0.5, 0.6) is 5.75 Å². The number of nitrogens with zero attached hydrogens (tertiary/aromatic N) is 1. The Bertz CT molecular complexity index is 936. The molecule has 1 fully saturated rings. The van der Waals surface area contributed by atoms with Crippen molar-refractivity contribution in [1.29, 1.82) is 0 Å². The normalized spacial score (nSPS) is 18.3. The van der Waals surface area contributed by atoms with Gasteiger partial charge in [0, 0.05) is 17.1 Å². The first-order chi connectivity index (χ1) is 14.0. The number of carbonyl (C=O) groups excluding carboxylic acids is 2. The molecule has 2 aromatic rings. The Morgan fingerprint density at radius 1 is 1.10 bits per heavy atom. The number of benzene rings is 2. The molecule has 0 spiro atoms. The topological polar surface area (TPSA) is 66.8 Å². The molecule has 0 bridgehead atoms. The first-order valence-electron chi connectivity index (χ1n) is 9.75. The molecular formula is C23H24ClNO4. The fourth-order valence-corrected chi connectivity index (χ4v) is 3.65. The molecule has 0 aromatic heterocycles. The van der Waals surface area contributed by atoms with E-state index in [1.54, 1.807) is 24.3 Å². The lowest BCUT2D eigenvalue weighted by Crippen LogP contribution is -2.30. The summed E-state index contributed by atoms with van der Waals surface area (Å²) >= 11 is 6.04. The molecule has 152 valence electrons. The summed E-state index contributed by atoms with van der Waals surface area (Å²) in [4.78, 5) is 27.0. The molecule has 1 N–H and O–H groups in total. The number of rotatable bonds is 7. The fourth-order valence-electron chi connectivity index (χ4n) is 3.46. The van der Waals surface area contributed by atoms with Crippen LogP contribution in [0.25, 0.3) is 5.76 Å². The van der Waals surface area contributed by atoms with Crippen molar-refractivity contribution in [3.05, 3.63) is 70.3 Å². The van der Waals surface area contributed by atoms with Gasteiger partial charge in [-0.1, -0.05) is 49.7 Å². The SMILES string of the molecule is CCCOc1ccc(C2/C(=C(/O)c3cccc(Cl)c3)C(=O)C(=O)N2CCC)cc1. The van der Waals surface area contributed by atoms with Crippen LogP contribution in [0.1, 0.15) is 43.9 Å². The van der Waals surface area contributed by atoms with Gasteiger partial charge >= 0.3 is 0 Å². The molecule has 1 atom stereocenters. The van der Waals surface area contributed by atoms with Crippen molar-refractivity contribution in [2.75, 3.05) is 13.2 Å². The monoisotopic (exact) mass is 413 g/mol. The van der Waals surface area contributed by atoms with E-state index >= 15 is 0 Å². The number of ether oxygens (including phenoxy) is 1. The van der Waals surface area contributed by atoms with Gasteiger partial charge in [-0.25, -0.2) is 0 Å². The van der Waals surface area contributed by atoms with Crippen LogP contribution < -0.4 is 4.74 Å². The third-order valence-electron chi connectivity index (χ3n) is 4.77. The van der Waals surface area contributed by atoms with E-state index in [2.05, 4.69) is 0 Å². The molecule has 1 heterocycles. The second kappa shape index (κ2) is 9.14. The predicted molar refractivity (Wildman–Crippen MR) is 113 cm³/mol. The number of aliphatic hydroxyl groups excluding tert-OH is 1. The first kappa shape index (κ1) is 20.9. The van der Waals surface area contributed by atoms with Crippen LogP contribution in [-0.2, 0) is 9.59 Å². The number of ketones is 1. The van der Waals surface area contributed by atoms with E-state index < -0.39 is 17.7 Å². The third kappa shape index (κ3) is 4.30. The number of Topliss-reactive ketones (excluding diaryl/α,β-unsaturated/α-hetero) is 1. The third-order valence-corrected chi connectivity index (χ3v) is 5.01. The molecule has 1 unspecified atom stereocenters.